The standard InChI is InChI=1S/C54H60FN7O7/c1-67-49-30-45-46(56-24-19-48(45)69-43-15-11-39(12-16-43)58-53(66)54(22-23-54)52(65)57-38-9-7-37(55)8-10-38)31-47(49)60-26-20-35(21-27-60)32-62-34-40-29-41(62)33-61(40)25-3-2-4-28-68-42-13-5-36(6-14-42)44-17-18-50(63)59-51(44)64/h5-16,19,24,30-31,35,40-41,44H,2-4,17-18,20-23,25-29,32-34H2,1H3,(H,57,65)(H,58,66)(H,59,63,64)/t40-,41-,44?/m0/s1. The number of halogens is 1. The van der Waals surface area contributed by atoms with E-state index in [1.807, 2.05) is 36.4 Å². The lowest BCUT2D eigenvalue weighted by molar-refractivity contribution is -0.134. The first kappa shape index (κ1) is 46.2. The first-order valence-electron chi connectivity index (χ1n) is 24.5. The number of carbonyl (C=O) groups excluding carboxylic acids is 4. The fraction of sp³-hybridized carbons (Fsp3) is 0.426. The highest BCUT2D eigenvalue weighted by Gasteiger charge is 2.56. The van der Waals surface area contributed by atoms with Gasteiger partial charge in [-0.3, -0.25) is 39.3 Å². The molecule has 5 aromatic rings. The summed E-state index contributed by atoms with van der Waals surface area (Å²) in [6, 6.07) is 27.5. The zero-order chi connectivity index (χ0) is 47.5. The van der Waals surface area contributed by atoms with E-state index in [0.717, 1.165) is 85.5 Å². The minimum atomic E-state index is -1.16. The molecule has 5 fully saturated rings. The van der Waals surface area contributed by atoms with Gasteiger partial charge < -0.3 is 29.7 Å². The molecule has 1 aromatic heterocycles. The molecule has 2 bridgehead atoms. The van der Waals surface area contributed by atoms with Gasteiger partial charge in [0.1, 0.15) is 34.2 Å². The maximum absolute atomic E-state index is 13.3. The van der Waals surface area contributed by atoms with Crippen molar-refractivity contribution in [1.29, 1.82) is 0 Å². The highest BCUT2D eigenvalue weighted by atomic mass is 19.1. The maximum atomic E-state index is 13.3. The third-order valence-electron chi connectivity index (χ3n) is 14.9. The minimum Gasteiger partial charge on any atom is -0.495 e. The lowest BCUT2D eigenvalue weighted by Crippen LogP contribution is -2.49. The van der Waals surface area contributed by atoms with Crippen LogP contribution in [0, 0.1) is 17.2 Å². The van der Waals surface area contributed by atoms with Crippen LogP contribution < -0.4 is 35.1 Å². The number of unbranched alkanes of at least 4 members (excludes halogenated alkanes) is 2. The van der Waals surface area contributed by atoms with E-state index in [2.05, 4.69) is 36.7 Å². The predicted molar refractivity (Wildman–Crippen MR) is 261 cm³/mol. The van der Waals surface area contributed by atoms with Crippen LogP contribution in [0.5, 0.6) is 23.0 Å². The van der Waals surface area contributed by atoms with Gasteiger partial charge in [0.2, 0.25) is 23.6 Å². The Morgan fingerprint density at radius 3 is 2.14 bits per heavy atom. The van der Waals surface area contributed by atoms with Gasteiger partial charge in [-0.25, -0.2) is 4.39 Å². The van der Waals surface area contributed by atoms with Crippen LogP contribution in [0.15, 0.2) is 97.2 Å². The Balaban J connectivity index is 0.651. The second kappa shape index (κ2) is 20.2. The molecule has 3 atom stereocenters. The number of pyridine rings is 1. The van der Waals surface area contributed by atoms with Gasteiger partial charge in [-0.05, 0) is 155 Å². The van der Waals surface area contributed by atoms with Crippen molar-refractivity contribution in [2.45, 2.75) is 82.2 Å². The number of amides is 4. The van der Waals surface area contributed by atoms with Crippen molar-refractivity contribution >= 4 is 51.6 Å². The lowest BCUT2D eigenvalue weighted by atomic mass is 9.90. The molecule has 5 aliphatic rings. The number of piperazine rings is 1. The van der Waals surface area contributed by atoms with Gasteiger partial charge in [0.25, 0.3) is 0 Å². The van der Waals surface area contributed by atoms with Gasteiger partial charge in [-0.1, -0.05) is 12.1 Å². The first-order valence-corrected chi connectivity index (χ1v) is 24.5. The SMILES string of the molecule is COc1cc2c(Oc3ccc(NC(=O)C4(C(=O)Nc5ccc(F)cc5)CC4)cc3)ccnc2cc1N1CCC(CN2C[C@@H]3C[C@H]2CN3CCCCCOc2ccc(C3CCC(=O)NC3=O)cc2)CC1. The molecule has 10 rings (SSSR count). The molecule has 4 aromatic carbocycles. The van der Waals surface area contributed by atoms with Gasteiger partial charge in [0.15, 0.2) is 0 Å². The molecule has 4 amide bonds. The van der Waals surface area contributed by atoms with Crippen LogP contribution in [-0.2, 0) is 19.2 Å². The lowest BCUT2D eigenvalue weighted by Gasteiger charge is -2.39. The van der Waals surface area contributed by atoms with E-state index in [9.17, 15) is 23.6 Å². The number of aromatic nitrogens is 1. The summed E-state index contributed by atoms with van der Waals surface area (Å²) in [5.74, 6) is 1.58. The Morgan fingerprint density at radius 1 is 0.797 bits per heavy atom. The van der Waals surface area contributed by atoms with Crippen molar-refractivity contribution in [3.63, 3.8) is 0 Å². The number of benzene rings is 4. The normalized spacial score (nSPS) is 21.2. The monoisotopic (exact) mass is 937 g/mol. The average molecular weight is 938 g/mol. The number of rotatable bonds is 18. The molecule has 1 saturated carbocycles. The number of nitrogens with one attached hydrogen (secondary N) is 3. The van der Waals surface area contributed by atoms with Crippen molar-refractivity contribution in [1.82, 2.24) is 20.1 Å². The van der Waals surface area contributed by atoms with Gasteiger partial charge in [-0.15, -0.1) is 0 Å². The summed E-state index contributed by atoms with van der Waals surface area (Å²) >= 11 is 0. The summed E-state index contributed by atoms with van der Waals surface area (Å²) in [5.41, 5.74) is 2.59. The van der Waals surface area contributed by atoms with E-state index in [4.69, 9.17) is 19.2 Å². The summed E-state index contributed by atoms with van der Waals surface area (Å²) in [4.78, 5) is 62.6. The Kier molecular flexibility index (Phi) is 13.5. The molecule has 4 saturated heterocycles. The third-order valence-corrected chi connectivity index (χ3v) is 14.9. The van der Waals surface area contributed by atoms with Gasteiger partial charge >= 0.3 is 0 Å². The summed E-state index contributed by atoms with van der Waals surface area (Å²) in [6.07, 6.45) is 10.4. The van der Waals surface area contributed by atoms with Gasteiger partial charge in [0, 0.05) is 74.2 Å². The summed E-state index contributed by atoms with van der Waals surface area (Å²) in [5, 5.41) is 8.88. The topological polar surface area (TPSA) is 155 Å². The number of ether oxygens (including phenoxy) is 3. The second-order valence-electron chi connectivity index (χ2n) is 19.4. The van der Waals surface area contributed by atoms with E-state index in [0.29, 0.717) is 73.2 Å². The van der Waals surface area contributed by atoms with Gasteiger partial charge in [0.05, 0.1) is 30.8 Å². The van der Waals surface area contributed by atoms with E-state index >= 15 is 0 Å². The zero-order valence-corrected chi connectivity index (χ0v) is 39.1. The molecule has 0 radical (unpaired) electrons. The molecule has 69 heavy (non-hydrogen) atoms. The number of hydrogen-bond acceptors (Lipinski definition) is 11. The van der Waals surface area contributed by atoms with Crippen molar-refractivity contribution in [2.75, 3.05) is 68.5 Å². The van der Waals surface area contributed by atoms with Crippen LogP contribution in [0.3, 0.4) is 0 Å². The smallest absolute Gasteiger partial charge is 0.240 e. The predicted octanol–water partition coefficient (Wildman–Crippen LogP) is 8.28. The van der Waals surface area contributed by atoms with Crippen LogP contribution in [-0.4, -0.2) is 103 Å². The maximum Gasteiger partial charge on any atom is 0.240 e. The Hall–Kier alpha value is -6.58. The number of piperidine rings is 2. The number of hydrogen-bond donors (Lipinski definition) is 3. The molecular weight excluding hydrogens is 878 g/mol. The molecule has 1 aliphatic carbocycles. The quantitative estimate of drug-likeness (QED) is 0.0442. The molecule has 4 aliphatic heterocycles. The Morgan fingerprint density at radius 2 is 1.48 bits per heavy atom. The molecule has 5 heterocycles. The highest BCUT2D eigenvalue weighted by molar-refractivity contribution is 6.17. The first-order chi connectivity index (χ1) is 33.6. The van der Waals surface area contributed by atoms with E-state index < -0.39 is 17.1 Å². The van der Waals surface area contributed by atoms with E-state index in [1.165, 1.54) is 50.2 Å². The number of methoxy groups -OCH3 is 1. The van der Waals surface area contributed by atoms with Crippen molar-refractivity contribution in [3.05, 3.63) is 109 Å². The molecule has 3 N–H and O–H groups in total. The summed E-state index contributed by atoms with van der Waals surface area (Å²) in [7, 11) is 1.70. The molecule has 360 valence electrons. The third kappa shape index (κ3) is 10.4. The van der Waals surface area contributed by atoms with Crippen LogP contribution in [0.25, 0.3) is 10.9 Å². The van der Waals surface area contributed by atoms with Crippen LogP contribution in [0.2, 0.25) is 0 Å². The minimum absolute atomic E-state index is 0.195. The molecular formula is C54H60FN7O7. The second-order valence-corrected chi connectivity index (χ2v) is 19.4. The van der Waals surface area contributed by atoms with E-state index in [-0.39, 0.29) is 23.6 Å². The molecule has 15 heteroatoms. The molecule has 1 unspecified atom stereocenters. The fourth-order valence-corrected chi connectivity index (χ4v) is 10.7. The number of nitrogens with zero attached hydrogens (tertiary/aromatic N) is 4. The Labute approximate surface area is 401 Å². The summed E-state index contributed by atoms with van der Waals surface area (Å²) in [6.45, 7) is 7.23. The van der Waals surface area contributed by atoms with Gasteiger partial charge in [-0.2, -0.15) is 0 Å². The average Bonchev–Trinajstić information content (AvgIpc) is 3.97. The summed E-state index contributed by atoms with van der Waals surface area (Å²) < 4.78 is 31.7. The zero-order valence-electron chi connectivity index (χ0n) is 39.1. The molecule has 14 nitrogen and oxygen atoms in total. The Bertz CT molecular complexity index is 2670. The van der Waals surface area contributed by atoms with Crippen molar-refractivity contribution < 1.29 is 37.8 Å². The number of carbonyl (C=O) groups is 4. The highest BCUT2D eigenvalue weighted by Crippen LogP contribution is 2.48. The number of likely N-dealkylation sites (tertiary alicyclic amines) is 2. The number of fused-ring (bicyclic) bond motifs is 3. The fourth-order valence-electron chi connectivity index (χ4n) is 10.7. The van der Waals surface area contributed by atoms with Crippen molar-refractivity contribution in [2.24, 2.45) is 11.3 Å². The van der Waals surface area contributed by atoms with Crippen LogP contribution in [0.4, 0.5) is 21.5 Å². The van der Waals surface area contributed by atoms with Crippen LogP contribution >= 0.6 is 0 Å². The number of imide groups is 1. The van der Waals surface area contributed by atoms with E-state index in [1.54, 1.807) is 37.6 Å². The molecule has 0 spiro atoms. The number of anilines is 3. The largest absolute Gasteiger partial charge is 0.495 e. The van der Waals surface area contributed by atoms with Crippen LogP contribution in [0.1, 0.15) is 75.7 Å². The van der Waals surface area contributed by atoms with Crippen molar-refractivity contribution in [3.8, 4) is 23.0 Å².